The number of aliphatic hydroxyl groups is 1. The Kier molecular flexibility index (Phi) is 17.0. The molecule has 2 aliphatic heterocycles. The number of hydrogen-bond acceptors (Lipinski definition) is 12. The highest BCUT2D eigenvalue weighted by atomic mass is 32.2. The van der Waals surface area contributed by atoms with Crippen LogP contribution in [0, 0.1) is 12.3 Å². The molecule has 0 aromatic rings. The Morgan fingerprint density at radius 3 is 2.75 bits per heavy atom. The number of urea groups is 1. The predicted octanol–water partition coefficient (Wildman–Crippen LogP) is 3.42. The second kappa shape index (κ2) is 20.1. The Bertz CT molecular complexity index is 1250. The SMILES string of the molecule is C#C/C=N\[C@@H](CCCCN/C(=C\C(=C)CS/C=C(\N=C)C(F)(F)F)NC(=O)NCC)C1NN=C([C@@H]2COCCN2C(O)OC(C)(C)C)O1. The Hall–Kier alpha value is -3.56. The summed E-state index contributed by atoms with van der Waals surface area (Å²) in [5, 5.41) is 24.4. The van der Waals surface area contributed by atoms with E-state index in [9.17, 15) is 23.1 Å². The molecule has 48 heavy (non-hydrogen) atoms. The molecule has 2 amide bonds. The minimum Gasteiger partial charge on any atom is -0.451 e. The van der Waals surface area contributed by atoms with E-state index in [-0.39, 0.29) is 12.4 Å². The fourth-order valence-corrected chi connectivity index (χ4v) is 5.12. The van der Waals surface area contributed by atoms with Crippen molar-refractivity contribution in [3.8, 4) is 12.3 Å². The van der Waals surface area contributed by atoms with Gasteiger partial charge in [0.05, 0.1) is 25.0 Å². The van der Waals surface area contributed by atoms with Crippen LogP contribution in [0.2, 0.25) is 0 Å². The molecule has 2 heterocycles. The van der Waals surface area contributed by atoms with E-state index in [0.29, 0.717) is 62.8 Å². The summed E-state index contributed by atoms with van der Waals surface area (Å²) in [5.41, 5.74) is 1.78. The first-order chi connectivity index (χ1) is 22.7. The number of carbonyl (C=O) groups excluding carboxylic acids is 1. The molecular formula is C31H47F3N8O5S. The highest BCUT2D eigenvalue weighted by Gasteiger charge is 2.40. The van der Waals surface area contributed by atoms with Crippen molar-refractivity contribution in [2.24, 2.45) is 15.1 Å². The van der Waals surface area contributed by atoms with Gasteiger partial charge in [-0.05, 0) is 65.3 Å². The summed E-state index contributed by atoms with van der Waals surface area (Å²) in [6, 6.07) is -1.32. The average molecular weight is 701 g/mol. The van der Waals surface area contributed by atoms with Crippen LogP contribution in [-0.4, -0.2) is 110 Å². The monoisotopic (exact) mass is 700 g/mol. The third kappa shape index (κ3) is 14.7. The number of hydrogen-bond donors (Lipinski definition) is 5. The Morgan fingerprint density at radius 2 is 2.10 bits per heavy atom. The zero-order valence-electron chi connectivity index (χ0n) is 27.8. The molecular weight excluding hydrogens is 653 g/mol. The number of allylic oxidation sites excluding steroid dienone is 2. The number of aliphatic hydroxyl groups excluding tert-OH is 1. The first-order valence-electron chi connectivity index (χ1n) is 15.4. The van der Waals surface area contributed by atoms with Crippen molar-refractivity contribution in [1.82, 2.24) is 26.3 Å². The van der Waals surface area contributed by atoms with Crippen LogP contribution in [0.4, 0.5) is 18.0 Å². The third-order valence-electron chi connectivity index (χ3n) is 6.54. The van der Waals surface area contributed by atoms with Gasteiger partial charge in [0.15, 0.2) is 0 Å². The van der Waals surface area contributed by atoms with Gasteiger partial charge in [-0.2, -0.15) is 13.2 Å². The van der Waals surface area contributed by atoms with Crippen molar-refractivity contribution in [3.05, 3.63) is 35.2 Å². The third-order valence-corrected chi connectivity index (χ3v) is 7.47. The summed E-state index contributed by atoms with van der Waals surface area (Å²) in [6.07, 6.45) is 3.85. The van der Waals surface area contributed by atoms with Crippen LogP contribution in [0.25, 0.3) is 0 Å². The molecule has 1 fully saturated rings. The molecule has 2 unspecified atom stereocenters. The van der Waals surface area contributed by atoms with Crippen LogP contribution < -0.4 is 21.4 Å². The lowest BCUT2D eigenvalue weighted by Gasteiger charge is -2.39. The van der Waals surface area contributed by atoms with Crippen LogP contribution in [0.15, 0.2) is 50.2 Å². The zero-order valence-corrected chi connectivity index (χ0v) is 28.6. The quantitative estimate of drug-likeness (QED) is 0.0476. The van der Waals surface area contributed by atoms with Crippen molar-refractivity contribution < 1.29 is 37.3 Å². The number of amides is 2. The summed E-state index contributed by atoms with van der Waals surface area (Å²) >= 11 is 0.859. The van der Waals surface area contributed by atoms with E-state index >= 15 is 0 Å². The summed E-state index contributed by atoms with van der Waals surface area (Å²) in [4.78, 5) is 21.4. The van der Waals surface area contributed by atoms with Gasteiger partial charge >= 0.3 is 12.2 Å². The first-order valence-corrected chi connectivity index (χ1v) is 16.4. The number of morpholine rings is 1. The number of nitrogens with zero attached hydrogens (tertiary/aromatic N) is 4. The standard InChI is InChI=1S/C31H47F3N8O5S/c1-8-13-37-22(26-40-41-27(46-26)23-18-45-16-15-42(23)29(44)47-30(4,5)6)12-10-11-14-38-25(39-28(43)36-9-2)17-21(3)19-48-20-24(35-7)31(32,33)34/h1,13,17,20,22-23,26,29,38,40,44H,3,7,9-12,14-16,18-19H2,2,4-6H3,(H2,36,39,43)/b24-20-,25-17+,37-13-/t22-,23-,26?,29?/m0/s1. The van der Waals surface area contributed by atoms with Crippen molar-refractivity contribution in [1.29, 1.82) is 0 Å². The number of hydrazone groups is 1. The van der Waals surface area contributed by atoms with Crippen molar-refractivity contribution in [2.75, 3.05) is 38.6 Å². The van der Waals surface area contributed by atoms with Gasteiger partial charge in [0.2, 0.25) is 18.5 Å². The van der Waals surface area contributed by atoms with E-state index in [2.05, 4.69) is 55.7 Å². The molecule has 0 spiro atoms. The van der Waals surface area contributed by atoms with Crippen LogP contribution >= 0.6 is 11.8 Å². The largest absolute Gasteiger partial charge is 0.451 e. The number of thioether (sulfide) groups is 1. The number of alkyl halides is 3. The van der Waals surface area contributed by atoms with Gasteiger partial charge in [0.1, 0.15) is 23.6 Å². The Balaban J connectivity index is 1.96. The van der Waals surface area contributed by atoms with Gasteiger partial charge in [-0.15, -0.1) is 23.3 Å². The second-order valence-corrected chi connectivity index (χ2v) is 12.5. The maximum Gasteiger partial charge on any atom is 0.433 e. The van der Waals surface area contributed by atoms with Gasteiger partial charge < -0.3 is 30.0 Å². The molecule has 2 rings (SSSR count). The number of aliphatic imine (C=N–C) groups is 2. The van der Waals surface area contributed by atoms with Gasteiger partial charge in [-0.1, -0.05) is 12.5 Å². The molecule has 17 heteroatoms. The highest BCUT2D eigenvalue weighted by molar-refractivity contribution is 8.02. The lowest BCUT2D eigenvalue weighted by Crippen LogP contribution is -2.56. The number of halogens is 3. The van der Waals surface area contributed by atoms with Crippen LogP contribution in [-0.2, 0) is 14.2 Å². The number of rotatable bonds is 18. The van der Waals surface area contributed by atoms with Crippen molar-refractivity contribution in [2.45, 2.75) is 83.5 Å². The fraction of sp³-hybridized carbons (Fsp3) is 0.613. The molecule has 0 bridgehead atoms. The average Bonchev–Trinajstić information content (AvgIpc) is 3.49. The lowest BCUT2D eigenvalue weighted by molar-refractivity contribution is -0.256. The molecule has 0 aromatic carbocycles. The van der Waals surface area contributed by atoms with E-state index in [1.165, 1.54) is 6.21 Å². The molecule has 13 nitrogen and oxygen atoms in total. The second-order valence-electron chi connectivity index (χ2n) is 11.6. The number of unbranched alkanes of at least 4 members (excludes halogenated alkanes) is 1. The zero-order chi connectivity index (χ0) is 35.7. The van der Waals surface area contributed by atoms with E-state index in [1.807, 2.05) is 20.8 Å². The van der Waals surface area contributed by atoms with E-state index in [0.717, 1.165) is 17.2 Å². The Morgan fingerprint density at radius 1 is 1.35 bits per heavy atom. The summed E-state index contributed by atoms with van der Waals surface area (Å²) in [7, 11) is 0. The van der Waals surface area contributed by atoms with Crippen molar-refractivity contribution in [3.63, 3.8) is 0 Å². The molecule has 2 aliphatic rings. The molecule has 4 atom stereocenters. The molecule has 0 radical (unpaired) electrons. The van der Waals surface area contributed by atoms with E-state index < -0.39 is 48.2 Å². The number of ether oxygens (including phenoxy) is 3. The summed E-state index contributed by atoms with van der Waals surface area (Å²) in [5.74, 6) is 3.20. The summed E-state index contributed by atoms with van der Waals surface area (Å²) in [6.45, 7) is 16.1. The Labute approximate surface area is 284 Å². The molecule has 0 saturated carbocycles. The van der Waals surface area contributed by atoms with Gasteiger partial charge in [-0.25, -0.2) is 9.69 Å². The van der Waals surface area contributed by atoms with Gasteiger partial charge in [0, 0.05) is 30.8 Å². The first kappa shape index (κ1) is 40.6. The van der Waals surface area contributed by atoms with Crippen molar-refractivity contribution >= 4 is 36.6 Å². The minimum absolute atomic E-state index is 0.123. The number of terminal acetylenes is 1. The lowest BCUT2D eigenvalue weighted by atomic mass is 10.1. The molecule has 5 N–H and O–H groups in total. The predicted molar refractivity (Wildman–Crippen MR) is 182 cm³/mol. The highest BCUT2D eigenvalue weighted by Crippen LogP contribution is 2.29. The van der Waals surface area contributed by atoms with Crippen LogP contribution in [0.3, 0.4) is 0 Å². The van der Waals surface area contributed by atoms with E-state index in [1.54, 1.807) is 17.9 Å². The molecule has 1 saturated heterocycles. The maximum atomic E-state index is 12.9. The minimum atomic E-state index is -4.60. The van der Waals surface area contributed by atoms with E-state index in [4.69, 9.17) is 20.6 Å². The van der Waals surface area contributed by atoms with Gasteiger partial charge in [-0.3, -0.25) is 20.7 Å². The number of carbonyl (C=O) groups is 1. The van der Waals surface area contributed by atoms with Crippen LogP contribution in [0.1, 0.15) is 47.0 Å². The van der Waals surface area contributed by atoms with Crippen LogP contribution in [0.5, 0.6) is 0 Å². The normalized spacial score (nSPS) is 20.6. The maximum absolute atomic E-state index is 12.9. The molecule has 268 valence electrons. The smallest absolute Gasteiger partial charge is 0.433 e. The number of nitrogens with one attached hydrogen (secondary N) is 4. The molecule has 0 aliphatic carbocycles. The topological polar surface area (TPSA) is 153 Å². The summed E-state index contributed by atoms with van der Waals surface area (Å²) < 4.78 is 56.2. The van der Waals surface area contributed by atoms with Gasteiger partial charge in [0.25, 0.3) is 0 Å². The molecule has 0 aromatic heterocycles. The fourth-order valence-electron chi connectivity index (χ4n) is 4.38.